The van der Waals surface area contributed by atoms with Crippen molar-refractivity contribution in [1.29, 1.82) is 0 Å². The summed E-state index contributed by atoms with van der Waals surface area (Å²) in [6.45, 7) is 0. The molecule has 0 bridgehead atoms. The molecule has 0 fully saturated rings. The molecule has 104 valence electrons. The molecule has 0 radical (unpaired) electrons. The Kier molecular flexibility index (Phi) is 3.80. The van der Waals surface area contributed by atoms with Crippen LogP contribution in [0.2, 0.25) is 0 Å². The van der Waals surface area contributed by atoms with E-state index in [1.54, 1.807) is 18.2 Å². The fourth-order valence-corrected chi connectivity index (χ4v) is 2.13. The van der Waals surface area contributed by atoms with E-state index in [2.05, 4.69) is 5.10 Å². The van der Waals surface area contributed by atoms with Crippen LogP contribution >= 0.6 is 0 Å². The Morgan fingerprint density at radius 1 is 1.20 bits per heavy atom. The Bertz CT molecular complexity index is 736. The Morgan fingerprint density at radius 3 is 2.50 bits per heavy atom. The Morgan fingerprint density at radius 2 is 1.90 bits per heavy atom. The van der Waals surface area contributed by atoms with Crippen LogP contribution in [0.25, 0.3) is 0 Å². The lowest BCUT2D eigenvalue weighted by Crippen LogP contribution is -2.18. The number of nitro groups is 1. The van der Waals surface area contributed by atoms with E-state index < -0.39 is 20.8 Å². The minimum absolute atomic E-state index is 0.0579. The molecule has 1 N–H and O–H groups in total. The molecule has 0 amide bonds. The molecule has 0 aliphatic carbocycles. The minimum atomic E-state index is -3.76. The van der Waals surface area contributed by atoms with Crippen molar-refractivity contribution in [3.8, 4) is 0 Å². The average molecular weight is 295 g/mol. The van der Waals surface area contributed by atoms with Gasteiger partial charge in [-0.15, -0.1) is 0 Å². The van der Waals surface area contributed by atoms with E-state index in [9.17, 15) is 18.5 Å². The summed E-state index contributed by atoms with van der Waals surface area (Å²) >= 11 is 0. The van der Waals surface area contributed by atoms with Gasteiger partial charge in [0.15, 0.2) is 5.76 Å². The number of nitrogens with zero attached hydrogens (tertiary/aromatic N) is 2. The van der Waals surface area contributed by atoms with Crippen LogP contribution in [0.15, 0.2) is 56.9 Å². The van der Waals surface area contributed by atoms with E-state index in [1.807, 2.05) is 4.83 Å². The van der Waals surface area contributed by atoms with Crippen molar-refractivity contribution in [2.45, 2.75) is 4.90 Å². The van der Waals surface area contributed by atoms with Gasteiger partial charge in [-0.1, -0.05) is 18.2 Å². The van der Waals surface area contributed by atoms with Crippen molar-refractivity contribution >= 4 is 22.1 Å². The number of hydrazone groups is 1. The van der Waals surface area contributed by atoms with Crippen molar-refractivity contribution in [2.24, 2.45) is 5.10 Å². The summed E-state index contributed by atoms with van der Waals surface area (Å²) < 4.78 is 28.3. The number of nitrogens with one attached hydrogen (secondary N) is 1. The molecule has 0 unspecified atom stereocenters. The summed E-state index contributed by atoms with van der Waals surface area (Å²) in [7, 11) is -3.76. The lowest BCUT2D eigenvalue weighted by Gasteiger charge is -2.01. The van der Waals surface area contributed by atoms with Crippen LogP contribution in [-0.4, -0.2) is 19.6 Å². The lowest BCUT2D eigenvalue weighted by molar-refractivity contribution is -0.402. The fourth-order valence-electron chi connectivity index (χ4n) is 1.32. The number of hydrogen-bond donors (Lipinski definition) is 1. The first-order chi connectivity index (χ1) is 9.49. The van der Waals surface area contributed by atoms with Gasteiger partial charge < -0.3 is 4.42 Å². The summed E-state index contributed by atoms with van der Waals surface area (Å²) in [5, 5.41) is 13.9. The number of sulfonamides is 1. The van der Waals surface area contributed by atoms with Crippen LogP contribution in [0.4, 0.5) is 5.88 Å². The van der Waals surface area contributed by atoms with Gasteiger partial charge in [-0.3, -0.25) is 10.1 Å². The minimum Gasteiger partial charge on any atom is -0.400 e. The van der Waals surface area contributed by atoms with Crippen molar-refractivity contribution in [3.05, 3.63) is 58.3 Å². The summed E-state index contributed by atoms with van der Waals surface area (Å²) in [5.41, 5.74) is 0. The van der Waals surface area contributed by atoms with E-state index in [4.69, 9.17) is 4.42 Å². The van der Waals surface area contributed by atoms with E-state index in [1.165, 1.54) is 18.2 Å². The molecular weight excluding hydrogens is 286 g/mol. The van der Waals surface area contributed by atoms with Crippen LogP contribution in [0, 0.1) is 10.1 Å². The second-order valence-electron chi connectivity index (χ2n) is 3.60. The first kappa shape index (κ1) is 13.7. The topological polar surface area (TPSA) is 115 Å². The molecule has 2 rings (SSSR count). The maximum absolute atomic E-state index is 11.8. The van der Waals surface area contributed by atoms with Gasteiger partial charge in [0.05, 0.1) is 17.2 Å². The fraction of sp³-hybridized carbons (Fsp3) is 0. The number of benzene rings is 1. The molecule has 0 saturated carbocycles. The van der Waals surface area contributed by atoms with E-state index >= 15 is 0 Å². The predicted molar refractivity (Wildman–Crippen MR) is 69.7 cm³/mol. The average Bonchev–Trinajstić information content (AvgIpc) is 2.89. The predicted octanol–water partition coefficient (Wildman–Crippen LogP) is 1.50. The summed E-state index contributed by atoms with van der Waals surface area (Å²) in [6, 6.07) is 10.1. The van der Waals surface area contributed by atoms with E-state index in [-0.39, 0.29) is 10.7 Å². The molecule has 2 aromatic rings. The highest BCUT2D eigenvalue weighted by atomic mass is 32.2. The second-order valence-corrected chi connectivity index (χ2v) is 5.26. The zero-order chi connectivity index (χ0) is 14.6. The van der Waals surface area contributed by atoms with Gasteiger partial charge in [0, 0.05) is 0 Å². The molecule has 0 aliphatic heterocycles. The molecule has 9 heteroatoms. The molecule has 1 aromatic heterocycles. The lowest BCUT2D eigenvalue weighted by atomic mass is 10.4. The third-order valence-corrected chi connectivity index (χ3v) is 3.45. The molecule has 0 saturated heterocycles. The summed E-state index contributed by atoms with van der Waals surface area (Å²) in [6.07, 6.45) is 1.04. The van der Waals surface area contributed by atoms with Gasteiger partial charge in [0.1, 0.15) is 4.92 Å². The maximum Gasteiger partial charge on any atom is 0.433 e. The first-order valence-electron chi connectivity index (χ1n) is 5.33. The highest BCUT2D eigenvalue weighted by Gasteiger charge is 2.12. The highest BCUT2D eigenvalue weighted by Crippen LogP contribution is 2.13. The van der Waals surface area contributed by atoms with Crippen molar-refractivity contribution < 1.29 is 17.8 Å². The van der Waals surface area contributed by atoms with Gasteiger partial charge in [0.2, 0.25) is 0 Å². The Labute approximate surface area is 113 Å². The molecule has 8 nitrogen and oxygen atoms in total. The third kappa shape index (κ3) is 3.20. The Balaban J connectivity index is 2.08. The van der Waals surface area contributed by atoms with Crippen molar-refractivity contribution in [2.75, 3.05) is 0 Å². The first-order valence-corrected chi connectivity index (χ1v) is 6.81. The molecular formula is C11H9N3O5S. The van der Waals surface area contributed by atoms with Gasteiger partial charge >= 0.3 is 5.88 Å². The molecule has 1 heterocycles. The van der Waals surface area contributed by atoms with Crippen molar-refractivity contribution in [3.63, 3.8) is 0 Å². The molecule has 0 spiro atoms. The SMILES string of the molecule is O=[N+]([O-])c1ccc(C=NNS(=O)(=O)c2ccccc2)o1. The molecule has 0 aliphatic rings. The maximum atomic E-state index is 11.8. The zero-order valence-corrected chi connectivity index (χ0v) is 10.8. The smallest absolute Gasteiger partial charge is 0.400 e. The van der Waals surface area contributed by atoms with E-state index in [0.717, 1.165) is 12.3 Å². The molecule has 20 heavy (non-hydrogen) atoms. The molecule has 0 atom stereocenters. The van der Waals surface area contributed by atoms with Gasteiger partial charge in [0.25, 0.3) is 10.0 Å². The number of rotatable bonds is 5. The number of furan rings is 1. The van der Waals surface area contributed by atoms with E-state index in [0.29, 0.717) is 0 Å². The summed E-state index contributed by atoms with van der Waals surface area (Å²) in [5.74, 6) is -0.384. The van der Waals surface area contributed by atoms with Crippen LogP contribution in [0.3, 0.4) is 0 Å². The van der Waals surface area contributed by atoms with Gasteiger partial charge in [-0.05, 0) is 18.2 Å². The van der Waals surface area contributed by atoms with Crippen LogP contribution in [0.1, 0.15) is 5.76 Å². The number of hydrogen-bond acceptors (Lipinski definition) is 6. The normalized spacial score (nSPS) is 11.6. The van der Waals surface area contributed by atoms with Crippen molar-refractivity contribution in [1.82, 2.24) is 4.83 Å². The standard InChI is InChI=1S/C11H9N3O5S/c15-14(16)11-7-6-9(19-11)8-12-13-20(17,18)10-4-2-1-3-5-10/h1-8,13H. The largest absolute Gasteiger partial charge is 0.433 e. The van der Waals surface area contributed by atoms with Gasteiger partial charge in [-0.25, -0.2) is 0 Å². The second kappa shape index (κ2) is 5.53. The van der Waals surface area contributed by atoms with Crippen LogP contribution in [-0.2, 0) is 10.0 Å². The van der Waals surface area contributed by atoms with Crippen LogP contribution in [0.5, 0.6) is 0 Å². The summed E-state index contributed by atoms with van der Waals surface area (Å²) in [4.78, 5) is 11.7. The quantitative estimate of drug-likeness (QED) is 0.510. The third-order valence-electron chi connectivity index (χ3n) is 2.21. The van der Waals surface area contributed by atoms with Crippen LogP contribution < -0.4 is 4.83 Å². The van der Waals surface area contributed by atoms with Gasteiger partial charge in [-0.2, -0.15) is 18.4 Å². The molecule has 1 aromatic carbocycles. The Hall–Kier alpha value is -2.68. The highest BCUT2D eigenvalue weighted by molar-refractivity contribution is 7.89. The monoisotopic (exact) mass is 295 g/mol. The zero-order valence-electron chi connectivity index (χ0n) is 9.96.